The molecule has 240 valence electrons. The second-order valence-electron chi connectivity index (χ2n) is 12.1. The first-order chi connectivity index (χ1) is 21.3. The van der Waals surface area contributed by atoms with Crippen LogP contribution in [0.5, 0.6) is 0 Å². The zero-order chi connectivity index (χ0) is 32.8. The van der Waals surface area contributed by atoms with Gasteiger partial charge in [0.05, 0.1) is 12.1 Å². The van der Waals surface area contributed by atoms with Crippen LogP contribution in [0.2, 0.25) is 0 Å². The predicted molar refractivity (Wildman–Crippen MR) is 171 cm³/mol. The molecule has 2 amide bonds. The maximum absolute atomic E-state index is 12.7. The summed E-state index contributed by atoms with van der Waals surface area (Å²) in [5, 5.41) is 28.6. The molecule has 5 heterocycles. The molecular formula is C33H40N4O7S. The standard InChI is InChI=1S/C33H40N4O7S/c1-6-20-19(5)33(37(44-33)32(20)43)15-28-17(3)22(8-10-30(40)41)26(35-28)14-25-21(7-9-29(38)39)16(2)24(34-25)13-27-23(11-12-45)18(4)31(42)36-27/h11-12,14,27-28,34-35,45H,6-10,13,15H2,1-5H3,(H,36,42)(H,38,39)(H,40,41)/b12-11-,26-14-/t27-,28?,33-,37?/m0/s1. The van der Waals surface area contributed by atoms with Crippen LogP contribution in [0.1, 0.15) is 82.3 Å². The van der Waals surface area contributed by atoms with Crippen molar-refractivity contribution in [1.82, 2.24) is 20.7 Å². The molecule has 5 rings (SSSR count). The Morgan fingerprint density at radius 2 is 1.71 bits per heavy atom. The van der Waals surface area contributed by atoms with Crippen LogP contribution in [0.4, 0.5) is 0 Å². The van der Waals surface area contributed by atoms with E-state index in [9.17, 15) is 29.4 Å². The van der Waals surface area contributed by atoms with Crippen molar-refractivity contribution in [3.8, 4) is 0 Å². The van der Waals surface area contributed by atoms with Gasteiger partial charge in [-0.3, -0.25) is 19.2 Å². The van der Waals surface area contributed by atoms with Gasteiger partial charge in [0.25, 0.3) is 5.91 Å². The van der Waals surface area contributed by atoms with Crippen LogP contribution in [-0.4, -0.2) is 61.8 Å². The zero-order valence-electron chi connectivity index (χ0n) is 26.2. The highest BCUT2D eigenvalue weighted by atomic mass is 32.1. The number of fused-ring (bicyclic) bond motifs is 1. The van der Waals surface area contributed by atoms with Crippen molar-refractivity contribution in [3.05, 3.63) is 73.1 Å². The van der Waals surface area contributed by atoms with Crippen molar-refractivity contribution in [3.63, 3.8) is 0 Å². The molecular weight excluding hydrogens is 596 g/mol. The van der Waals surface area contributed by atoms with Gasteiger partial charge in [0.15, 0.2) is 0 Å². The number of hydroxylamine groups is 2. The third-order valence-electron chi connectivity index (χ3n) is 9.61. The molecule has 0 saturated carbocycles. The molecule has 1 fully saturated rings. The molecule has 0 bridgehead atoms. The third-order valence-corrected chi connectivity index (χ3v) is 9.76. The average molecular weight is 637 g/mol. The second kappa shape index (κ2) is 12.4. The van der Waals surface area contributed by atoms with E-state index in [2.05, 4.69) is 28.2 Å². The number of carbonyl (C=O) groups excluding carboxylic acids is 2. The molecule has 1 aromatic heterocycles. The Bertz CT molecular complexity index is 1650. The molecule has 0 radical (unpaired) electrons. The summed E-state index contributed by atoms with van der Waals surface area (Å²) in [6.07, 6.45) is 5.78. The fraction of sp³-hybridized carbons (Fsp3) is 0.455. The van der Waals surface area contributed by atoms with E-state index in [1.54, 1.807) is 18.4 Å². The number of allylic oxidation sites excluding steroid dienone is 1. The Kier molecular flexibility index (Phi) is 8.92. The van der Waals surface area contributed by atoms with Crippen LogP contribution >= 0.6 is 12.6 Å². The summed E-state index contributed by atoms with van der Waals surface area (Å²) in [5.41, 5.74) is 8.30. The number of aromatic nitrogens is 1. The number of carboxylic acids is 2. The molecule has 12 heteroatoms. The number of rotatable bonds is 13. The Morgan fingerprint density at radius 3 is 2.33 bits per heavy atom. The zero-order valence-corrected chi connectivity index (χ0v) is 27.1. The van der Waals surface area contributed by atoms with Crippen LogP contribution in [-0.2, 0) is 36.9 Å². The molecule has 4 aliphatic heterocycles. The lowest BCUT2D eigenvalue weighted by molar-refractivity contribution is -0.138. The van der Waals surface area contributed by atoms with Gasteiger partial charge in [-0.05, 0) is 91.9 Å². The van der Waals surface area contributed by atoms with Crippen molar-refractivity contribution in [2.24, 2.45) is 0 Å². The number of H-pyrrole nitrogens is 1. The third kappa shape index (κ3) is 5.88. The van der Waals surface area contributed by atoms with E-state index >= 15 is 0 Å². The maximum atomic E-state index is 12.7. The Morgan fingerprint density at radius 1 is 1.02 bits per heavy atom. The highest BCUT2D eigenvalue weighted by molar-refractivity contribution is 7.83. The minimum absolute atomic E-state index is 0.0566. The Balaban J connectivity index is 1.50. The largest absolute Gasteiger partial charge is 0.481 e. The first-order valence-corrected chi connectivity index (χ1v) is 15.7. The topological polar surface area (TPSA) is 164 Å². The smallest absolute Gasteiger partial charge is 0.303 e. The van der Waals surface area contributed by atoms with Crippen LogP contribution in [0.25, 0.3) is 6.08 Å². The van der Waals surface area contributed by atoms with Crippen molar-refractivity contribution >= 4 is 42.5 Å². The van der Waals surface area contributed by atoms with Crippen molar-refractivity contribution in [2.75, 3.05) is 0 Å². The highest BCUT2D eigenvalue weighted by Gasteiger charge is 2.66. The number of hydrogen-bond donors (Lipinski definition) is 6. The summed E-state index contributed by atoms with van der Waals surface area (Å²) in [5.74, 6) is -2.06. The summed E-state index contributed by atoms with van der Waals surface area (Å²) in [6.45, 7) is 9.57. The lowest BCUT2D eigenvalue weighted by Gasteiger charge is -2.17. The van der Waals surface area contributed by atoms with Gasteiger partial charge in [-0.2, -0.15) is 17.7 Å². The quantitative estimate of drug-likeness (QED) is 0.138. The number of carboxylic acid groups (broad SMARTS) is 2. The fourth-order valence-electron chi connectivity index (χ4n) is 6.91. The van der Waals surface area contributed by atoms with Crippen molar-refractivity contribution < 1.29 is 34.2 Å². The van der Waals surface area contributed by atoms with Crippen molar-refractivity contribution in [1.29, 1.82) is 0 Å². The second-order valence-corrected chi connectivity index (χ2v) is 12.4. The first kappa shape index (κ1) is 32.4. The van der Waals surface area contributed by atoms with Gasteiger partial charge in [-0.1, -0.05) is 13.0 Å². The number of nitrogens with zero attached hydrogens (tertiary/aromatic N) is 1. The summed E-state index contributed by atoms with van der Waals surface area (Å²) in [7, 11) is 0. The monoisotopic (exact) mass is 636 g/mol. The van der Waals surface area contributed by atoms with E-state index in [0.29, 0.717) is 37.7 Å². The highest BCUT2D eigenvalue weighted by Crippen LogP contribution is 2.54. The number of amides is 2. The van der Waals surface area contributed by atoms with E-state index < -0.39 is 17.7 Å². The minimum atomic E-state index is -0.912. The van der Waals surface area contributed by atoms with Gasteiger partial charge < -0.3 is 25.8 Å². The van der Waals surface area contributed by atoms with Gasteiger partial charge in [0, 0.05) is 53.9 Å². The van der Waals surface area contributed by atoms with Gasteiger partial charge in [0.1, 0.15) is 0 Å². The summed E-state index contributed by atoms with van der Waals surface area (Å²) < 4.78 is 0. The fourth-order valence-corrected chi connectivity index (χ4v) is 7.07. The predicted octanol–water partition coefficient (Wildman–Crippen LogP) is 4.24. The van der Waals surface area contributed by atoms with Crippen LogP contribution < -0.4 is 10.6 Å². The molecule has 45 heavy (non-hydrogen) atoms. The maximum Gasteiger partial charge on any atom is 0.303 e. The SMILES string of the molecule is CCC1=C(C)[C@]2(CC3N/C(=C\c4[nH]c(C[C@@H]5NC(=O)C(C)=C5/C=C\S)c(C)c4CCC(=O)O)C(CCC(=O)O)=C3C)ON2C1=O. The molecule has 11 nitrogen and oxygen atoms in total. The van der Waals surface area contributed by atoms with Gasteiger partial charge in [-0.15, -0.1) is 0 Å². The summed E-state index contributed by atoms with van der Waals surface area (Å²) >= 11 is 4.20. The minimum Gasteiger partial charge on any atom is -0.481 e. The lowest BCUT2D eigenvalue weighted by atomic mass is 9.92. The molecule has 0 spiro atoms. The molecule has 5 N–H and O–H groups in total. The number of thiol groups is 1. The molecule has 0 aromatic carbocycles. The van der Waals surface area contributed by atoms with Crippen LogP contribution in [0, 0.1) is 6.92 Å². The van der Waals surface area contributed by atoms with E-state index in [1.807, 2.05) is 33.8 Å². The van der Waals surface area contributed by atoms with Gasteiger partial charge >= 0.3 is 11.9 Å². The van der Waals surface area contributed by atoms with E-state index in [4.69, 9.17) is 4.84 Å². The van der Waals surface area contributed by atoms with E-state index in [0.717, 1.165) is 56.1 Å². The number of hydrogen-bond acceptors (Lipinski definition) is 7. The molecule has 1 unspecified atom stereocenters. The summed E-state index contributed by atoms with van der Waals surface area (Å²) in [4.78, 5) is 57.7. The van der Waals surface area contributed by atoms with Gasteiger partial charge in [0.2, 0.25) is 11.6 Å². The van der Waals surface area contributed by atoms with E-state index in [1.165, 1.54) is 5.06 Å². The first-order valence-electron chi connectivity index (χ1n) is 15.2. The summed E-state index contributed by atoms with van der Waals surface area (Å²) in [6, 6.07) is -0.480. The van der Waals surface area contributed by atoms with E-state index in [-0.39, 0.29) is 36.7 Å². The van der Waals surface area contributed by atoms with Crippen molar-refractivity contribution in [2.45, 2.75) is 97.4 Å². The molecule has 0 aliphatic carbocycles. The molecule has 3 atom stereocenters. The Labute approximate surface area is 267 Å². The number of aromatic amines is 1. The number of carbonyl (C=O) groups is 4. The average Bonchev–Trinajstić information content (AvgIpc) is 3.35. The molecule has 4 aliphatic rings. The Hall–Kier alpha value is -4.03. The molecule has 1 aromatic rings. The number of aliphatic carboxylic acids is 2. The normalized spacial score (nSPS) is 25.3. The molecule has 1 saturated heterocycles. The lowest BCUT2D eigenvalue weighted by Crippen LogP contribution is -2.32. The number of nitrogens with one attached hydrogen (secondary N) is 3. The van der Waals surface area contributed by atoms with Crippen LogP contribution in [0.15, 0.2) is 50.6 Å². The van der Waals surface area contributed by atoms with Crippen LogP contribution in [0.3, 0.4) is 0 Å². The van der Waals surface area contributed by atoms with Gasteiger partial charge in [-0.25, -0.2) is 4.84 Å².